The van der Waals surface area contributed by atoms with Crippen LogP contribution in [0.25, 0.3) is 0 Å². The molecule has 0 heterocycles. The van der Waals surface area contributed by atoms with Crippen molar-refractivity contribution in [3.05, 3.63) is 29.8 Å². The fraction of sp³-hybridized carbons (Fsp3) is 0.250. The Labute approximate surface area is 76.7 Å². The lowest BCUT2D eigenvalue weighted by atomic mass is 10.2. The van der Waals surface area contributed by atoms with E-state index in [1.54, 1.807) is 24.3 Å². The molecular weight excluding hydrogens is 191 g/mol. The smallest absolute Gasteiger partial charge is 0.404 e. The van der Waals surface area contributed by atoms with Crippen LogP contribution >= 0.6 is 7.82 Å². The topological polar surface area (TPSA) is 55.8 Å². The Bertz CT molecular complexity index is 319. The van der Waals surface area contributed by atoms with Crippen LogP contribution in [0.15, 0.2) is 24.3 Å². The second-order valence-electron chi connectivity index (χ2n) is 2.56. The molecule has 13 heavy (non-hydrogen) atoms. The monoisotopic (exact) mass is 202 g/mol. The highest BCUT2D eigenvalue weighted by Gasteiger charge is 2.19. The van der Waals surface area contributed by atoms with Gasteiger partial charge in [-0.2, -0.15) is 0 Å². The lowest BCUT2D eigenvalue weighted by Gasteiger charge is -2.09. The summed E-state index contributed by atoms with van der Waals surface area (Å²) in [6.07, 6.45) is 0. The number of phosphoric ester groups is 1. The van der Waals surface area contributed by atoms with Gasteiger partial charge in [0.25, 0.3) is 0 Å². The molecule has 0 bridgehead atoms. The maximum atomic E-state index is 10.9. The fourth-order valence-corrected chi connectivity index (χ4v) is 1.23. The molecule has 0 aliphatic rings. The summed E-state index contributed by atoms with van der Waals surface area (Å²) in [4.78, 5) is 8.96. The van der Waals surface area contributed by atoms with E-state index in [0.717, 1.165) is 12.7 Å². The Morgan fingerprint density at radius 3 is 2.31 bits per heavy atom. The van der Waals surface area contributed by atoms with Crippen LogP contribution in [0.5, 0.6) is 5.75 Å². The van der Waals surface area contributed by atoms with Crippen LogP contribution in [-0.2, 0) is 9.09 Å². The van der Waals surface area contributed by atoms with Crippen molar-refractivity contribution in [3.8, 4) is 5.75 Å². The molecular formula is C8H11O4P. The minimum Gasteiger partial charge on any atom is -0.404 e. The number of aryl methyl sites for hydroxylation is 1. The molecule has 0 fully saturated rings. The van der Waals surface area contributed by atoms with Crippen molar-refractivity contribution in [3.63, 3.8) is 0 Å². The average molecular weight is 202 g/mol. The van der Waals surface area contributed by atoms with Gasteiger partial charge in [-0.1, -0.05) is 17.7 Å². The van der Waals surface area contributed by atoms with Gasteiger partial charge in [0.15, 0.2) is 0 Å². The first-order chi connectivity index (χ1) is 6.03. The molecule has 0 saturated carbocycles. The van der Waals surface area contributed by atoms with E-state index >= 15 is 0 Å². The lowest BCUT2D eigenvalue weighted by molar-refractivity contribution is 0.243. The van der Waals surface area contributed by atoms with E-state index in [0.29, 0.717) is 5.75 Å². The second kappa shape index (κ2) is 3.92. The summed E-state index contributed by atoms with van der Waals surface area (Å²) in [5.41, 5.74) is 1.05. The van der Waals surface area contributed by atoms with Crippen molar-refractivity contribution in [1.29, 1.82) is 0 Å². The molecule has 0 radical (unpaired) electrons. The standard InChI is InChI=1S/C8H11O4P/c1-7-3-5-8(6-4-7)12-13(9,10)11-2/h3-6H,1-2H3,(H,9,10). The van der Waals surface area contributed by atoms with Crippen LogP contribution in [0.1, 0.15) is 5.56 Å². The molecule has 1 atom stereocenters. The summed E-state index contributed by atoms with van der Waals surface area (Å²) in [6.45, 7) is 1.92. The van der Waals surface area contributed by atoms with Crippen molar-refractivity contribution in [2.45, 2.75) is 6.92 Å². The van der Waals surface area contributed by atoms with Gasteiger partial charge in [-0.25, -0.2) is 4.57 Å². The van der Waals surface area contributed by atoms with E-state index in [1.165, 1.54) is 0 Å². The number of hydrogen-bond acceptors (Lipinski definition) is 3. The van der Waals surface area contributed by atoms with E-state index in [-0.39, 0.29) is 0 Å². The Morgan fingerprint density at radius 2 is 1.85 bits per heavy atom. The Hall–Kier alpha value is -0.830. The van der Waals surface area contributed by atoms with Crippen LogP contribution < -0.4 is 4.52 Å². The third kappa shape index (κ3) is 3.19. The van der Waals surface area contributed by atoms with E-state index in [9.17, 15) is 4.57 Å². The van der Waals surface area contributed by atoms with E-state index in [4.69, 9.17) is 9.42 Å². The normalized spacial score (nSPS) is 15.0. The first-order valence-electron chi connectivity index (χ1n) is 3.68. The summed E-state index contributed by atoms with van der Waals surface area (Å²) >= 11 is 0. The average Bonchev–Trinajstić information content (AvgIpc) is 2.09. The van der Waals surface area contributed by atoms with Gasteiger partial charge in [-0.05, 0) is 19.1 Å². The molecule has 1 unspecified atom stereocenters. The molecule has 1 aromatic carbocycles. The van der Waals surface area contributed by atoms with Crippen LogP contribution in [0.4, 0.5) is 0 Å². The predicted molar refractivity (Wildman–Crippen MR) is 48.6 cm³/mol. The second-order valence-corrected chi connectivity index (χ2v) is 4.04. The highest BCUT2D eigenvalue weighted by atomic mass is 31.2. The van der Waals surface area contributed by atoms with Gasteiger partial charge in [0.2, 0.25) is 0 Å². The number of benzene rings is 1. The molecule has 1 aromatic rings. The zero-order valence-electron chi connectivity index (χ0n) is 7.43. The molecule has 0 saturated heterocycles. The third-order valence-corrected chi connectivity index (χ3v) is 2.38. The zero-order chi connectivity index (χ0) is 9.90. The molecule has 72 valence electrons. The van der Waals surface area contributed by atoms with E-state index in [2.05, 4.69) is 4.52 Å². The van der Waals surface area contributed by atoms with Crippen molar-refractivity contribution >= 4 is 7.82 Å². The maximum Gasteiger partial charge on any atom is 0.527 e. The fourth-order valence-electron chi connectivity index (χ4n) is 0.770. The zero-order valence-corrected chi connectivity index (χ0v) is 8.32. The molecule has 0 aliphatic carbocycles. The van der Waals surface area contributed by atoms with Gasteiger partial charge >= 0.3 is 7.82 Å². The minimum atomic E-state index is -3.91. The Morgan fingerprint density at radius 1 is 1.31 bits per heavy atom. The molecule has 5 heteroatoms. The molecule has 1 rings (SSSR count). The maximum absolute atomic E-state index is 10.9. The molecule has 0 aromatic heterocycles. The lowest BCUT2D eigenvalue weighted by Crippen LogP contribution is -1.93. The summed E-state index contributed by atoms with van der Waals surface area (Å²) in [6, 6.07) is 6.78. The molecule has 0 aliphatic heterocycles. The summed E-state index contributed by atoms with van der Waals surface area (Å²) < 4.78 is 19.9. The highest BCUT2D eigenvalue weighted by molar-refractivity contribution is 7.47. The van der Waals surface area contributed by atoms with Gasteiger partial charge in [0.05, 0.1) is 0 Å². The first-order valence-corrected chi connectivity index (χ1v) is 5.18. The third-order valence-electron chi connectivity index (χ3n) is 1.47. The van der Waals surface area contributed by atoms with Gasteiger partial charge < -0.3 is 4.52 Å². The van der Waals surface area contributed by atoms with Crippen LogP contribution in [-0.4, -0.2) is 12.0 Å². The van der Waals surface area contributed by atoms with Crippen LogP contribution in [0.2, 0.25) is 0 Å². The first kappa shape index (κ1) is 10.3. The van der Waals surface area contributed by atoms with Crippen molar-refractivity contribution in [1.82, 2.24) is 0 Å². The van der Waals surface area contributed by atoms with Gasteiger partial charge in [-0.15, -0.1) is 0 Å². The summed E-state index contributed by atoms with van der Waals surface area (Å²) in [5.74, 6) is 0.318. The van der Waals surface area contributed by atoms with Crippen LogP contribution in [0.3, 0.4) is 0 Å². The minimum absolute atomic E-state index is 0.318. The number of hydrogen-bond donors (Lipinski definition) is 1. The van der Waals surface area contributed by atoms with Crippen molar-refractivity contribution in [2.24, 2.45) is 0 Å². The Balaban J connectivity index is 2.75. The molecule has 1 N–H and O–H groups in total. The quantitative estimate of drug-likeness (QED) is 0.762. The van der Waals surface area contributed by atoms with E-state index in [1.807, 2.05) is 6.92 Å². The Kier molecular flexibility index (Phi) is 3.09. The molecule has 0 amide bonds. The SMILES string of the molecule is COP(=O)(O)Oc1ccc(C)cc1. The number of phosphoric acid groups is 1. The molecule has 0 spiro atoms. The number of rotatable bonds is 3. The van der Waals surface area contributed by atoms with Gasteiger partial charge in [0, 0.05) is 7.11 Å². The van der Waals surface area contributed by atoms with E-state index < -0.39 is 7.82 Å². The summed E-state index contributed by atoms with van der Waals surface area (Å²) in [5, 5.41) is 0. The van der Waals surface area contributed by atoms with Crippen molar-refractivity contribution in [2.75, 3.05) is 7.11 Å². The largest absolute Gasteiger partial charge is 0.527 e. The highest BCUT2D eigenvalue weighted by Crippen LogP contribution is 2.42. The molecule has 4 nitrogen and oxygen atoms in total. The van der Waals surface area contributed by atoms with Gasteiger partial charge in [-0.3, -0.25) is 9.42 Å². The van der Waals surface area contributed by atoms with Gasteiger partial charge in [0.1, 0.15) is 5.75 Å². The predicted octanol–water partition coefficient (Wildman–Crippen LogP) is 2.12. The van der Waals surface area contributed by atoms with Crippen LogP contribution in [0, 0.1) is 6.92 Å². The summed E-state index contributed by atoms with van der Waals surface area (Å²) in [7, 11) is -2.79. The van der Waals surface area contributed by atoms with Crippen molar-refractivity contribution < 1.29 is 18.5 Å².